The third kappa shape index (κ3) is 2.53. The molecule has 6 nitrogen and oxygen atoms in total. The monoisotopic (exact) mass is 276 g/mol. The van der Waals surface area contributed by atoms with Crippen molar-refractivity contribution in [3.63, 3.8) is 0 Å². The highest BCUT2D eigenvalue weighted by atomic mass is 35.7. The van der Waals surface area contributed by atoms with Crippen molar-refractivity contribution in [2.75, 3.05) is 0 Å². The van der Waals surface area contributed by atoms with E-state index in [0.717, 1.165) is 12.4 Å². The second-order valence-corrected chi connectivity index (χ2v) is 7.00. The molecule has 0 aromatic carbocycles. The van der Waals surface area contributed by atoms with Gasteiger partial charge in [-0.3, -0.25) is 0 Å². The van der Waals surface area contributed by atoms with Crippen LogP contribution in [0.25, 0.3) is 0 Å². The first-order valence-electron chi connectivity index (χ1n) is 2.93. The van der Waals surface area contributed by atoms with Gasteiger partial charge in [-0.25, -0.2) is 26.8 Å². The Kier molecular flexibility index (Phi) is 3.00. The van der Waals surface area contributed by atoms with Crippen LogP contribution in [0.15, 0.2) is 22.4 Å². The molecule has 0 fully saturated rings. The zero-order valence-electron chi connectivity index (χ0n) is 6.25. The summed E-state index contributed by atoms with van der Waals surface area (Å²) in [6, 6.07) is 0. The van der Waals surface area contributed by atoms with Crippen molar-refractivity contribution >= 4 is 39.5 Å². The van der Waals surface area contributed by atoms with Crippen LogP contribution < -0.4 is 0 Å². The van der Waals surface area contributed by atoms with E-state index in [-0.39, 0.29) is 0 Å². The molecule has 0 amide bonds. The van der Waals surface area contributed by atoms with E-state index in [0.29, 0.717) is 0 Å². The van der Waals surface area contributed by atoms with Gasteiger partial charge in [-0.1, -0.05) is 0 Å². The van der Waals surface area contributed by atoms with Crippen molar-refractivity contribution in [3.8, 4) is 0 Å². The molecule has 0 saturated heterocycles. The first kappa shape index (κ1) is 11.6. The van der Waals surface area contributed by atoms with Gasteiger partial charge in [0.2, 0.25) is 10.1 Å². The molecule has 1 aromatic heterocycles. The number of nitrogens with zero attached hydrogens (tertiary/aromatic N) is 2. The highest BCUT2D eigenvalue weighted by Crippen LogP contribution is 2.21. The van der Waals surface area contributed by atoms with Crippen LogP contribution in [0, 0.1) is 0 Å². The zero-order valence-corrected chi connectivity index (χ0v) is 9.40. The summed E-state index contributed by atoms with van der Waals surface area (Å²) in [5.41, 5.74) is 0. The van der Waals surface area contributed by atoms with Crippen LogP contribution in [-0.4, -0.2) is 26.8 Å². The number of aromatic nitrogens is 2. The van der Waals surface area contributed by atoms with Crippen LogP contribution in [0.1, 0.15) is 0 Å². The molecule has 1 rings (SSSR count). The maximum absolute atomic E-state index is 10.8. The van der Waals surface area contributed by atoms with Crippen molar-refractivity contribution in [2.45, 2.75) is 10.1 Å². The number of halogens is 2. The number of hydrogen-bond donors (Lipinski definition) is 0. The van der Waals surface area contributed by atoms with E-state index in [1.54, 1.807) is 0 Å². The van der Waals surface area contributed by atoms with E-state index in [1.807, 2.05) is 0 Å². The predicted octanol–water partition coefficient (Wildman–Crippen LogP) is 0.332. The fourth-order valence-electron chi connectivity index (χ4n) is 0.647. The Hall–Kier alpha value is -0.440. The minimum atomic E-state index is -4.28. The van der Waals surface area contributed by atoms with E-state index in [9.17, 15) is 16.8 Å². The smallest absolute Gasteiger partial charge is 0.239 e. The largest absolute Gasteiger partial charge is 0.281 e. The molecule has 10 heteroatoms. The predicted molar refractivity (Wildman–Crippen MR) is 48.1 cm³/mol. The molecular weight excluding hydrogens is 275 g/mol. The van der Waals surface area contributed by atoms with Gasteiger partial charge < -0.3 is 0 Å². The second-order valence-electron chi connectivity index (χ2n) is 2.04. The third-order valence-electron chi connectivity index (χ3n) is 1.10. The van der Waals surface area contributed by atoms with Gasteiger partial charge in [0, 0.05) is 33.8 Å². The first-order chi connectivity index (χ1) is 6.23. The van der Waals surface area contributed by atoms with Gasteiger partial charge in [-0.2, -0.15) is 0 Å². The van der Waals surface area contributed by atoms with Crippen molar-refractivity contribution in [2.24, 2.45) is 0 Å². The van der Waals surface area contributed by atoms with E-state index in [2.05, 4.69) is 9.97 Å². The maximum Gasteiger partial charge on any atom is 0.281 e. The van der Waals surface area contributed by atoms with E-state index in [1.165, 1.54) is 0 Å². The van der Waals surface area contributed by atoms with Crippen LogP contribution in [0.5, 0.6) is 0 Å². The average molecular weight is 277 g/mol. The van der Waals surface area contributed by atoms with E-state index < -0.39 is 28.2 Å². The van der Waals surface area contributed by atoms with Gasteiger partial charge in [0.15, 0.2) is 0 Å². The molecule has 14 heavy (non-hydrogen) atoms. The number of rotatable bonds is 2. The summed E-state index contributed by atoms with van der Waals surface area (Å²) < 4.78 is 43.4. The Labute approximate surface area is 88.7 Å². The summed E-state index contributed by atoms with van der Waals surface area (Å²) >= 11 is 0. The second kappa shape index (κ2) is 3.61. The zero-order chi connectivity index (χ0) is 11.0. The van der Waals surface area contributed by atoms with Crippen LogP contribution in [0.4, 0.5) is 0 Å². The van der Waals surface area contributed by atoms with Crippen molar-refractivity contribution in [1.29, 1.82) is 0 Å². The van der Waals surface area contributed by atoms with Crippen LogP contribution in [0.2, 0.25) is 0 Å². The third-order valence-corrected chi connectivity index (χ3v) is 3.62. The molecule has 0 atom stereocenters. The van der Waals surface area contributed by atoms with Gasteiger partial charge in [-0.15, -0.1) is 0 Å². The summed E-state index contributed by atoms with van der Waals surface area (Å²) in [5, 5.41) is -1.76. The molecule has 0 aliphatic rings. The molecule has 0 spiro atoms. The Morgan fingerprint density at radius 3 is 1.36 bits per heavy atom. The lowest BCUT2D eigenvalue weighted by Gasteiger charge is -1.99. The normalized spacial score (nSPS) is 12.7. The minimum absolute atomic E-state index is 0.878. The molecule has 0 aliphatic carbocycles. The molecule has 0 bridgehead atoms. The Morgan fingerprint density at radius 2 is 1.14 bits per heavy atom. The van der Waals surface area contributed by atoms with Crippen molar-refractivity contribution in [1.82, 2.24) is 9.97 Å². The lowest BCUT2D eigenvalue weighted by molar-refractivity contribution is 0.587. The Bertz CT molecular complexity index is 501. The number of hydrogen-bond acceptors (Lipinski definition) is 6. The van der Waals surface area contributed by atoms with Crippen molar-refractivity contribution < 1.29 is 16.8 Å². The fourth-order valence-corrected chi connectivity index (χ4v) is 3.15. The molecular formula is C4H2Cl2N2O4S2. The van der Waals surface area contributed by atoms with Gasteiger partial charge in [-0.05, 0) is 0 Å². The van der Waals surface area contributed by atoms with Gasteiger partial charge >= 0.3 is 0 Å². The summed E-state index contributed by atoms with van der Waals surface area (Å²) in [6.07, 6.45) is 1.97. The summed E-state index contributed by atoms with van der Waals surface area (Å²) in [4.78, 5) is 6.54. The Balaban J connectivity index is 3.64. The minimum Gasteiger partial charge on any atom is -0.239 e. The Morgan fingerprint density at radius 1 is 0.857 bits per heavy atom. The lowest BCUT2D eigenvalue weighted by Crippen LogP contribution is -2.06. The molecule has 78 valence electrons. The lowest BCUT2D eigenvalue weighted by atomic mass is 10.8. The average Bonchev–Trinajstić information content (AvgIpc) is 2.01. The highest BCUT2D eigenvalue weighted by molar-refractivity contribution is 8.16. The van der Waals surface area contributed by atoms with Gasteiger partial charge in [0.05, 0.1) is 0 Å². The summed E-state index contributed by atoms with van der Waals surface area (Å²) in [5.74, 6) is 0. The molecule has 0 N–H and O–H groups in total. The molecule has 0 radical (unpaired) electrons. The van der Waals surface area contributed by atoms with Crippen molar-refractivity contribution in [3.05, 3.63) is 12.4 Å². The molecule has 0 aliphatic heterocycles. The molecule has 0 saturated carbocycles. The summed E-state index contributed by atoms with van der Waals surface area (Å²) in [6.45, 7) is 0. The molecule has 1 aromatic rings. The fraction of sp³-hybridized carbons (Fsp3) is 0. The summed E-state index contributed by atoms with van der Waals surface area (Å²) in [7, 11) is 1.27. The standard InChI is InChI=1S/C4H2Cl2N2O4S2/c5-13(9,10)3-4(14(6,11)12)8-2-1-7-3/h1-2H. The van der Waals surface area contributed by atoms with E-state index >= 15 is 0 Å². The van der Waals surface area contributed by atoms with E-state index in [4.69, 9.17) is 21.4 Å². The quantitative estimate of drug-likeness (QED) is 0.723. The molecule has 1 heterocycles. The van der Waals surface area contributed by atoms with Crippen LogP contribution in [0.3, 0.4) is 0 Å². The topological polar surface area (TPSA) is 94.1 Å². The highest BCUT2D eigenvalue weighted by Gasteiger charge is 2.26. The van der Waals surface area contributed by atoms with Gasteiger partial charge in [0.25, 0.3) is 18.1 Å². The molecule has 0 unspecified atom stereocenters. The SMILES string of the molecule is O=S(=O)(Cl)c1nccnc1S(=O)(=O)Cl. The van der Waals surface area contributed by atoms with Crippen LogP contribution >= 0.6 is 21.4 Å². The van der Waals surface area contributed by atoms with Gasteiger partial charge in [0.1, 0.15) is 0 Å². The maximum atomic E-state index is 10.8. The first-order valence-corrected chi connectivity index (χ1v) is 7.55. The van der Waals surface area contributed by atoms with Crippen LogP contribution in [-0.2, 0) is 18.1 Å².